The summed E-state index contributed by atoms with van der Waals surface area (Å²) in [4.78, 5) is 31.7. The summed E-state index contributed by atoms with van der Waals surface area (Å²) in [7, 11) is 0. The fourth-order valence-electron chi connectivity index (χ4n) is 4.42. The molecule has 3 aromatic rings. The molecule has 1 saturated heterocycles. The number of nitrogens with one attached hydrogen (secondary N) is 2. The zero-order chi connectivity index (χ0) is 26.7. The monoisotopic (exact) mass is 535 g/mol. The van der Waals surface area contributed by atoms with E-state index in [1.54, 1.807) is 0 Å². The molecule has 2 heterocycles. The molecule has 202 valence electrons. The van der Waals surface area contributed by atoms with E-state index in [-0.39, 0.29) is 11.8 Å². The fraction of sp³-hybridized carbons (Fsp3) is 0.429. The van der Waals surface area contributed by atoms with Gasteiger partial charge in [-0.1, -0.05) is 67.6 Å². The molecule has 1 fully saturated rings. The smallest absolute Gasteiger partial charge is 0.251 e. The standard InChI is InChI=1S/C28H37N7O2S/c1-3-33(4-2)15-14-29-26(37)24-12-10-23(11-13-24)21-34-16-18-35(19-17-34)28-32-31-27(38-28)30-25(36)20-22-8-6-5-7-9-22/h5-13H,3-4,14-21H2,1-2H3,(H,29,37)(H,30,31,36). The van der Waals surface area contributed by atoms with E-state index in [0.29, 0.717) is 23.7 Å². The number of benzene rings is 2. The highest BCUT2D eigenvalue weighted by Gasteiger charge is 2.21. The van der Waals surface area contributed by atoms with Gasteiger partial charge in [0.15, 0.2) is 0 Å². The Morgan fingerprint density at radius 3 is 2.32 bits per heavy atom. The molecule has 2 N–H and O–H groups in total. The molecule has 0 atom stereocenters. The van der Waals surface area contributed by atoms with E-state index in [2.05, 4.69) is 49.4 Å². The van der Waals surface area contributed by atoms with E-state index in [1.165, 1.54) is 16.9 Å². The number of carbonyl (C=O) groups excluding carboxylic acids is 2. The van der Waals surface area contributed by atoms with E-state index >= 15 is 0 Å². The number of hydrogen-bond acceptors (Lipinski definition) is 8. The maximum atomic E-state index is 12.4. The van der Waals surface area contributed by atoms with Gasteiger partial charge in [-0.25, -0.2) is 0 Å². The van der Waals surface area contributed by atoms with Gasteiger partial charge in [0.05, 0.1) is 6.42 Å². The van der Waals surface area contributed by atoms with Crippen LogP contribution < -0.4 is 15.5 Å². The van der Waals surface area contributed by atoms with Crippen LogP contribution in [0.5, 0.6) is 0 Å². The summed E-state index contributed by atoms with van der Waals surface area (Å²) in [6.07, 6.45) is 0.316. The Kier molecular flexibility index (Phi) is 10.2. The van der Waals surface area contributed by atoms with Crippen molar-refractivity contribution in [2.45, 2.75) is 26.8 Å². The SMILES string of the molecule is CCN(CC)CCNC(=O)c1ccc(CN2CCN(c3nnc(NC(=O)Cc4ccccc4)s3)CC2)cc1. The van der Waals surface area contributed by atoms with Crippen LogP contribution >= 0.6 is 11.3 Å². The van der Waals surface area contributed by atoms with Gasteiger partial charge < -0.3 is 20.4 Å². The van der Waals surface area contributed by atoms with Gasteiger partial charge in [0.1, 0.15) is 0 Å². The molecule has 1 aromatic heterocycles. The predicted octanol–water partition coefficient (Wildman–Crippen LogP) is 3.11. The summed E-state index contributed by atoms with van der Waals surface area (Å²) in [5.74, 6) is -0.114. The zero-order valence-corrected chi connectivity index (χ0v) is 23.0. The second kappa shape index (κ2) is 14.0. The molecule has 2 aromatic carbocycles. The molecule has 0 bridgehead atoms. The van der Waals surface area contributed by atoms with Gasteiger partial charge in [-0.05, 0) is 36.3 Å². The van der Waals surface area contributed by atoms with Crippen molar-refractivity contribution in [2.24, 2.45) is 0 Å². The molecule has 4 rings (SSSR count). The molecule has 0 unspecified atom stereocenters. The van der Waals surface area contributed by atoms with E-state index in [9.17, 15) is 9.59 Å². The quantitative estimate of drug-likeness (QED) is 0.368. The van der Waals surface area contributed by atoms with Crippen LogP contribution in [-0.4, -0.2) is 84.2 Å². The van der Waals surface area contributed by atoms with Crippen molar-refractivity contribution >= 4 is 33.4 Å². The van der Waals surface area contributed by atoms with Gasteiger partial charge in [-0.3, -0.25) is 14.5 Å². The third-order valence-electron chi connectivity index (χ3n) is 6.74. The molecular weight excluding hydrogens is 498 g/mol. The van der Waals surface area contributed by atoms with Gasteiger partial charge in [0.25, 0.3) is 5.91 Å². The van der Waals surface area contributed by atoms with Gasteiger partial charge in [0, 0.05) is 51.4 Å². The van der Waals surface area contributed by atoms with Crippen LogP contribution in [-0.2, 0) is 17.8 Å². The molecule has 2 amide bonds. The highest BCUT2D eigenvalue weighted by molar-refractivity contribution is 7.19. The first-order valence-corrected chi connectivity index (χ1v) is 14.1. The Morgan fingerprint density at radius 1 is 0.921 bits per heavy atom. The van der Waals surface area contributed by atoms with E-state index in [1.807, 2.05) is 54.6 Å². The average Bonchev–Trinajstić information content (AvgIpc) is 3.40. The minimum absolute atomic E-state index is 0.0231. The lowest BCUT2D eigenvalue weighted by Gasteiger charge is -2.34. The van der Waals surface area contributed by atoms with Crippen LogP contribution in [0.1, 0.15) is 35.3 Å². The highest BCUT2D eigenvalue weighted by atomic mass is 32.1. The first-order valence-electron chi connectivity index (χ1n) is 13.3. The van der Waals surface area contributed by atoms with Crippen molar-refractivity contribution in [2.75, 3.05) is 62.6 Å². The number of nitrogens with zero attached hydrogens (tertiary/aromatic N) is 5. The van der Waals surface area contributed by atoms with E-state index < -0.39 is 0 Å². The Labute approximate surface area is 228 Å². The van der Waals surface area contributed by atoms with Crippen LogP contribution in [0.25, 0.3) is 0 Å². The highest BCUT2D eigenvalue weighted by Crippen LogP contribution is 2.25. The number of rotatable bonds is 12. The number of amides is 2. The van der Waals surface area contributed by atoms with Crippen molar-refractivity contribution in [3.05, 3.63) is 71.3 Å². The number of hydrogen-bond donors (Lipinski definition) is 2. The molecule has 9 nitrogen and oxygen atoms in total. The zero-order valence-electron chi connectivity index (χ0n) is 22.2. The largest absolute Gasteiger partial charge is 0.351 e. The Bertz CT molecular complexity index is 1160. The van der Waals surface area contributed by atoms with Crippen molar-refractivity contribution in [3.63, 3.8) is 0 Å². The number of likely N-dealkylation sites (N-methyl/N-ethyl adjacent to an activating group) is 1. The fourth-order valence-corrected chi connectivity index (χ4v) is 5.24. The van der Waals surface area contributed by atoms with Crippen LogP contribution in [0.3, 0.4) is 0 Å². The lowest BCUT2D eigenvalue weighted by molar-refractivity contribution is -0.115. The minimum Gasteiger partial charge on any atom is -0.351 e. The van der Waals surface area contributed by atoms with Crippen molar-refractivity contribution in [1.82, 2.24) is 25.3 Å². The third-order valence-corrected chi connectivity index (χ3v) is 7.64. The average molecular weight is 536 g/mol. The maximum Gasteiger partial charge on any atom is 0.251 e. The van der Waals surface area contributed by atoms with E-state index in [0.717, 1.165) is 63.1 Å². The van der Waals surface area contributed by atoms with Gasteiger partial charge in [0.2, 0.25) is 16.2 Å². The number of piperazine rings is 1. The normalized spacial score (nSPS) is 14.0. The summed E-state index contributed by atoms with van der Waals surface area (Å²) in [5.41, 5.74) is 2.85. The van der Waals surface area contributed by atoms with Gasteiger partial charge in [-0.2, -0.15) is 0 Å². The van der Waals surface area contributed by atoms with Crippen LogP contribution in [0.4, 0.5) is 10.3 Å². The number of anilines is 2. The lowest BCUT2D eigenvalue weighted by atomic mass is 10.1. The summed E-state index contributed by atoms with van der Waals surface area (Å²) in [5, 5.41) is 15.7. The second-order valence-corrected chi connectivity index (χ2v) is 10.3. The molecule has 1 aliphatic rings. The molecule has 1 aliphatic heterocycles. The van der Waals surface area contributed by atoms with Crippen molar-refractivity contribution < 1.29 is 9.59 Å². The van der Waals surface area contributed by atoms with Gasteiger partial charge >= 0.3 is 0 Å². The first-order chi connectivity index (χ1) is 18.5. The summed E-state index contributed by atoms with van der Waals surface area (Å²) < 4.78 is 0. The molecule has 0 saturated carbocycles. The predicted molar refractivity (Wildman–Crippen MR) is 153 cm³/mol. The summed E-state index contributed by atoms with van der Waals surface area (Å²) in [6, 6.07) is 17.6. The molecule has 10 heteroatoms. The Hall–Kier alpha value is -3.34. The molecular formula is C28H37N7O2S. The van der Waals surface area contributed by atoms with Crippen molar-refractivity contribution in [3.8, 4) is 0 Å². The first kappa shape index (κ1) is 27.7. The van der Waals surface area contributed by atoms with Gasteiger partial charge in [-0.15, -0.1) is 10.2 Å². The second-order valence-electron chi connectivity index (χ2n) is 9.34. The third kappa shape index (κ3) is 8.08. The molecule has 38 heavy (non-hydrogen) atoms. The number of carbonyl (C=O) groups is 2. The summed E-state index contributed by atoms with van der Waals surface area (Å²) >= 11 is 1.41. The minimum atomic E-state index is -0.0909. The topological polar surface area (TPSA) is 93.7 Å². The van der Waals surface area contributed by atoms with Crippen LogP contribution in [0.2, 0.25) is 0 Å². The molecule has 0 aliphatic carbocycles. The molecule has 0 spiro atoms. The molecule has 0 radical (unpaired) electrons. The van der Waals surface area contributed by atoms with E-state index in [4.69, 9.17) is 0 Å². The maximum absolute atomic E-state index is 12.4. The summed E-state index contributed by atoms with van der Waals surface area (Å²) in [6.45, 7) is 12.1. The van der Waals surface area contributed by atoms with Crippen LogP contribution in [0, 0.1) is 0 Å². The van der Waals surface area contributed by atoms with Crippen LogP contribution in [0.15, 0.2) is 54.6 Å². The lowest BCUT2D eigenvalue weighted by Crippen LogP contribution is -2.45. The Morgan fingerprint density at radius 2 is 1.63 bits per heavy atom. The number of aromatic nitrogens is 2. The Balaban J connectivity index is 1.19. The van der Waals surface area contributed by atoms with Crippen molar-refractivity contribution in [1.29, 1.82) is 0 Å².